The number of nitrogens with one attached hydrogen (secondary N) is 2. The van der Waals surface area contributed by atoms with Gasteiger partial charge >= 0.3 is 5.97 Å². The van der Waals surface area contributed by atoms with E-state index in [1.54, 1.807) is 40.0 Å². The Balaban J connectivity index is 0.576. The van der Waals surface area contributed by atoms with Crippen LogP contribution in [0.5, 0.6) is 5.75 Å². The minimum atomic E-state index is -1.21. The molecule has 540 valence electrons. The smallest absolute Gasteiger partial charge is 0.344 e. The second-order valence-corrected chi connectivity index (χ2v) is 27.3. The van der Waals surface area contributed by atoms with E-state index in [-0.39, 0.29) is 118 Å². The van der Waals surface area contributed by atoms with Crippen LogP contribution < -0.4 is 15.4 Å². The number of rotatable bonds is 39. The summed E-state index contributed by atoms with van der Waals surface area (Å²) in [5.74, 6) is -3.36. The molecule has 4 heterocycles. The van der Waals surface area contributed by atoms with E-state index < -0.39 is 40.4 Å². The Morgan fingerprint density at radius 3 is 2.14 bits per heavy atom. The number of esters is 1. The zero-order valence-electron chi connectivity index (χ0n) is 59.2. The van der Waals surface area contributed by atoms with Crippen molar-refractivity contribution < 1.29 is 61.2 Å². The van der Waals surface area contributed by atoms with E-state index in [9.17, 15) is 28.8 Å². The van der Waals surface area contributed by atoms with Crippen LogP contribution in [0.15, 0.2) is 121 Å². The van der Waals surface area contributed by atoms with Crippen molar-refractivity contribution >= 4 is 57.6 Å². The van der Waals surface area contributed by atoms with Crippen LogP contribution in [0.4, 0.5) is 8.78 Å². The summed E-state index contributed by atoms with van der Waals surface area (Å²) in [5.41, 5.74) is 6.54. The Bertz CT molecular complexity index is 4250. The van der Waals surface area contributed by atoms with Gasteiger partial charge in [-0.2, -0.15) is 0 Å². The molecular weight excluding hydrogens is 1300 g/mol. The minimum absolute atomic E-state index is 0.0167. The summed E-state index contributed by atoms with van der Waals surface area (Å²) in [6, 6.07) is 30.6. The number of imide groups is 1. The number of hydrogen-bond acceptors (Lipinski definition) is 15. The molecule has 8 aromatic rings. The average Bonchev–Trinajstić information content (AvgIpc) is 1.55. The summed E-state index contributed by atoms with van der Waals surface area (Å²) < 4.78 is 65.2. The van der Waals surface area contributed by atoms with Crippen molar-refractivity contribution in [3.63, 3.8) is 0 Å². The van der Waals surface area contributed by atoms with Crippen LogP contribution in [-0.4, -0.2) is 157 Å². The Hall–Kier alpha value is -9.36. The van der Waals surface area contributed by atoms with Crippen LogP contribution in [0.2, 0.25) is 0 Å². The topological polar surface area (TPSA) is 245 Å². The van der Waals surface area contributed by atoms with Crippen LogP contribution in [0, 0.1) is 35.3 Å². The van der Waals surface area contributed by atoms with Gasteiger partial charge < -0.3 is 48.4 Å². The van der Waals surface area contributed by atoms with Crippen LogP contribution in [0.3, 0.4) is 0 Å². The lowest BCUT2D eigenvalue weighted by molar-refractivity contribution is -0.141. The molecule has 0 spiro atoms. The normalized spacial score (nSPS) is 16.6. The molecule has 1 aliphatic heterocycles. The maximum atomic E-state index is 15.5. The number of carbonyl (C=O) groups excluding carboxylic acids is 6. The van der Waals surface area contributed by atoms with Crippen molar-refractivity contribution in [1.29, 1.82) is 0 Å². The van der Waals surface area contributed by atoms with Crippen molar-refractivity contribution in [2.24, 2.45) is 30.7 Å². The van der Waals surface area contributed by atoms with E-state index in [0.717, 1.165) is 101 Å². The first-order chi connectivity index (χ1) is 49.4. The molecule has 24 heteroatoms. The van der Waals surface area contributed by atoms with Crippen molar-refractivity contribution in [3.8, 4) is 28.3 Å². The van der Waals surface area contributed by atoms with Crippen molar-refractivity contribution in [2.45, 2.75) is 137 Å². The molecule has 3 unspecified atom stereocenters. The highest BCUT2D eigenvalue weighted by atomic mass is 19.1. The molecule has 2 fully saturated rings. The monoisotopic (exact) mass is 1400 g/mol. The van der Waals surface area contributed by atoms with Gasteiger partial charge in [0.15, 0.2) is 0 Å². The molecule has 1 saturated carbocycles. The van der Waals surface area contributed by atoms with Gasteiger partial charge in [0.2, 0.25) is 23.6 Å². The van der Waals surface area contributed by atoms with E-state index in [1.165, 1.54) is 4.90 Å². The van der Waals surface area contributed by atoms with Gasteiger partial charge in [-0.15, -0.1) is 5.10 Å². The quantitative estimate of drug-likeness (QED) is 0.0120. The minimum Gasteiger partial charge on any atom is -0.423 e. The predicted octanol–water partition coefficient (Wildman–Crippen LogP) is 11.4. The van der Waals surface area contributed by atoms with Gasteiger partial charge in [-0.25, -0.2) is 28.2 Å². The third-order valence-electron chi connectivity index (χ3n) is 19.5. The lowest BCUT2D eigenvalue weighted by Gasteiger charge is -2.27. The van der Waals surface area contributed by atoms with Crippen LogP contribution in [0.25, 0.3) is 44.6 Å². The Morgan fingerprint density at radius 1 is 0.735 bits per heavy atom. The SMILES string of the molecule is CCCc1nc2ccc(-c3nc4ccccc4n3C)cc2n1Cc1ccc(-c2ccccc2C(=O)Oc2cc(F)c(C(=O)NCCOCCOCCOCCn3cc(CN(CCCCCCN4C(=O)[C@@H]5C6C=CC(C6)[C@@H]5C4=O)C(=O)CCC(=O)NC(C)(C)CCOC(C)CC)nn3)c(F)c2)cc1. The molecule has 5 atom stereocenters. The molecule has 102 heavy (non-hydrogen) atoms. The highest BCUT2D eigenvalue weighted by Crippen LogP contribution is 2.52. The third-order valence-corrected chi connectivity index (χ3v) is 19.5. The molecular formula is C78H93F2N11O11. The van der Waals surface area contributed by atoms with Gasteiger partial charge in [-0.3, -0.25) is 28.9 Å². The summed E-state index contributed by atoms with van der Waals surface area (Å²) in [4.78, 5) is 93.0. The average molecular weight is 1400 g/mol. The van der Waals surface area contributed by atoms with Crippen molar-refractivity contribution in [1.82, 2.24) is 54.5 Å². The molecule has 1 saturated heterocycles. The standard InChI is InChI=1S/C78H93F2N11O11/c1-7-17-67-82-64-29-28-56(73-83-63-20-13-14-21-65(63)87(73)6)45-66(64)91(67)48-52-22-24-53(25-23-52)59-18-11-12-19-60(59)77(97)102-58-46-61(79)72(62(80)47-58)74(94)81-33-38-98-40-42-100-43-41-99-39-36-89-50-57(85-86-89)49-88(69(93)31-30-68(92)84-78(4,5)32-37-101-51(3)8-2)34-15-9-10-16-35-90-75(95)70-54-26-27-55(44-54)71(70)76(90)96/h11-14,18-29,45-47,50-51,54-55,70-71H,7-10,15-17,30-44,48-49H2,1-6H3,(H,81,94)(H,84,92)/t51?,54?,55?,70-,71+. The number of unbranched alkanes of at least 4 members (excludes halogenated alkanes) is 3. The zero-order chi connectivity index (χ0) is 71.9. The molecule has 2 aliphatic carbocycles. The lowest BCUT2D eigenvalue weighted by atomic mass is 9.85. The van der Waals surface area contributed by atoms with Gasteiger partial charge in [-0.05, 0) is 124 Å². The molecule has 22 nitrogen and oxygen atoms in total. The Labute approximate surface area is 593 Å². The Morgan fingerprint density at radius 2 is 1.41 bits per heavy atom. The lowest BCUT2D eigenvalue weighted by Crippen LogP contribution is -2.44. The number of allylic oxidation sites excluding steroid dienone is 2. The first-order valence-electron chi connectivity index (χ1n) is 35.8. The molecule has 5 amide bonds. The summed E-state index contributed by atoms with van der Waals surface area (Å²) in [6.07, 6.45) is 13.2. The van der Waals surface area contributed by atoms with Crippen molar-refractivity contribution in [2.75, 3.05) is 65.9 Å². The molecule has 5 aromatic carbocycles. The van der Waals surface area contributed by atoms with E-state index in [4.69, 9.17) is 33.7 Å². The summed E-state index contributed by atoms with van der Waals surface area (Å²) in [5, 5.41) is 14.1. The number of imidazole rings is 2. The van der Waals surface area contributed by atoms with E-state index in [0.29, 0.717) is 69.9 Å². The number of aryl methyl sites for hydroxylation is 2. The number of aromatic nitrogens is 7. The number of carbonyl (C=O) groups is 6. The first kappa shape index (κ1) is 73.8. The van der Waals surface area contributed by atoms with Gasteiger partial charge in [-0.1, -0.05) is 98.7 Å². The highest BCUT2D eigenvalue weighted by molar-refractivity contribution is 6.06. The zero-order valence-corrected chi connectivity index (χ0v) is 59.2. The maximum Gasteiger partial charge on any atom is 0.344 e. The van der Waals surface area contributed by atoms with Gasteiger partial charge in [0.25, 0.3) is 5.91 Å². The van der Waals surface area contributed by atoms with Crippen LogP contribution in [-0.2, 0) is 71.2 Å². The summed E-state index contributed by atoms with van der Waals surface area (Å²) in [7, 11) is 2.02. The second kappa shape index (κ2) is 34.5. The fraction of sp³-hybridized carbons (Fsp3) is 0.462. The number of nitrogens with zero attached hydrogens (tertiary/aromatic N) is 9. The van der Waals surface area contributed by atoms with Crippen LogP contribution >= 0.6 is 0 Å². The fourth-order valence-electron chi connectivity index (χ4n) is 13.8. The molecule has 3 aliphatic rings. The summed E-state index contributed by atoms with van der Waals surface area (Å²) in [6.45, 7) is 13.8. The first-order valence-corrected chi connectivity index (χ1v) is 35.8. The second-order valence-electron chi connectivity index (χ2n) is 27.3. The third kappa shape index (κ3) is 18.3. The van der Waals surface area contributed by atoms with Gasteiger partial charge in [0.1, 0.15) is 40.3 Å². The van der Waals surface area contributed by atoms with Crippen LogP contribution in [0.1, 0.15) is 137 Å². The van der Waals surface area contributed by atoms with Gasteiger partial charge in [0, 0.05) is 82.3 Å². The number of halogens is 2. The van der Waals surface area contributed by atoms with E-state index >= 15 is 8.78 Å². The number of amides is 5. The predicted molar refractivity (Wildman–Crippen MR) is 381 cm³/mol. The summed E-state index contributed by atoms with van der Waals surface area (Å²) >= 11 is 0. The molecule has 11 rings (SSSR count). The molecule has 3 aromatic heterocycles. The number of para-hydroxylation sites is 2. The van der Waals surface area contributed by atoms with E-state index in [1.807, 2.05) is 76.3 Å². The maximum absolute atomic E-state index is 15.5. The largest absolute Gasteiger partial charge is 0.423 e. The Kier molecular flexibility index (Phi) is 25.0. The molecule has 2 N–H and O–H groups in total. The number of hydrogen-bond donors (Lipinski definition) is 2. The van der Waals surface area contributed by atoms with Gasteiger partial charge in [0.05, 0.1) is 104 Å². The number of likely N-dealkylation sites (tertiary alicyclic amines) is 1. The molecule has 0 radical (unpaired) electrons. The fourth-order valence-corrected chi connectivity index (χ4v) is 13.8. The van der Waals surface area contributed by atoms with Crippen molar-refractivity contribution in [3.05, 3.63) is 161 Å². The van der Waals surface area contributed by atoms with E-state index in [2.05, 4.69) is 74.3 Å². The highest BCUT2D eigenvalue weighted by Gasteiger charge is 2.59. The number of ether oxygens (including phenoxy) is 5. The number of benzene rings is 5. The number of fused-ring (bicyclic) bond motifs is 7. The molecule has 2 bridgehead atoms.